The van der Waals surface area contributed by atoms with Crippen LogP contribution in [0.15, 0.2) is 18.3 Å². The third-order valence-electron chi connectivity index (χ3n) is 4.02. The highest BCUT2D eigenvalue weighted by atomic mass is 35.5. The zero-order chi connectivity index (χ0) is 15.3. The maximum Gasteiger partial charge on any atom is 0.0418 e. The standard InChI is InChI=1S/C19H32ClN/c1-3-4-5-6-7-8-9-10-11-12-18(20)15-19-14-13-17(2)16-21-19/h13-14,16,18H,3-12,15H2,1-2H3. The normalized spacial score (nSPS) is 12.5. The Labute approximate surface area is 136 Å². The molecule has 0 aromatic carbocycles. The number of hydrogen-bond acceptors (Lipinski definition) is 1. The minimum atomic E-state index is 0.241. The van der Waals surface area contributed by atoms with E-state index in [-0.39, 0.29) is 5.38 Å². The molecular weight excluding hydrogens is 278 g/mol. The van der Waals surface area contributed by atoms with Crippen LogP contribution in [0.1, 0.15) is 82.4 Å². The van der Waals surface area contributed by atoms with Gasteiger partial charge in [-0.2, -0.15) is 0 Å². The molecule has 1 aromatic rings. The number of hydrogen-bond donors (Lipinski definition) is 0. The van der Waals surface area contributed by atoms with Gasteiger partial charge in [0, 0.05) is 23.7 Å². The Morgan fingerprint density at radius 3 is 2.14 bits per heavy atom. The molecule has 1 heterocycles. The summed E-state index contributed by atoms with van der Waals surface area (Å²) in [6.07, 6.45) is 16.3. The van der Waals surface area contributed by atoms with Crippen molar-refractivity contribution in [3.8, 4) is 0 Å². The van der Waals surface area contributed by atoms with Gasteiger partial charge in [0.1, 0.15) is 0 Å². The van der Waals surface area contributed by atoms with Gasteiger partial charge in [-0.1, -0.05) is 70.8 Å². The second-order valence-corrected chi connectivity index (χ2v) is 6.86. The van der Waals surface area contributed by atoms with Crippen LogP contribution in [0, 0.1) is 6.92 Å². The summed E-state index contributed by atoms with van der Waals surface area (Å²) in [6.45, 7) is 4.34. The van der Waals surface area contributed by atoms with Crippen LogP contribution < -0.4 is 0 Å². The van der Waals surface area contributed by atoms with Crippen LogP contribution in [0.25, 0.3) is 0 Å². The molecule has 1 atom stereocenters. The smallest absolute Gasteiger partial charge is 0.0418 e. The maximum absolute atomic E-state index is 6.41. The number of pyridine rings is 1. The van der Waals surface area contributed by atoms with Crippen LogP contribution in [0.5, 0.6) is 0 Å². The van der Waals surface area contributed by atoms with Crippen molar-refractivity contribution in [1.82, 2.24) is 4.98 Å². The van der Waals surface area contributed by atoms with E-state index in [1.54, 1.807) is 0 Å². The highest BCUT2D eigenvalue weighted by molar-refractivity contribution is 6.20. The first-order valence-electron chi connectivity index (χ1n) is 8.78. The molecule has 1 rings (SSSR count). The van der Waals surface area contributed by atoms with Crippen LogP contribution in [-0.2, 0) is 6.42 Å². The molecule has 1 unspecified atom stereocenters. The molecule has 0 saturated heterocycles. The lowest BCUT2D eigenvalue weighted by molar-refractivity contribution is 0.550. The third kappa shape index (κ3) is 9.90. The van der Waals surface area contributed by atoms with Gasteiger partial charge in [-0.15, -0.1) is 11.6 Å². The number of rotatable bonds is 12. The molecule has 0 aliphatic carbocycles. The molecule has 1 nitrogen and oxygen atoms in total. The summed E-state index contributed by atoms with van der Waals surface area (Å²) in [5, 5.41) is 0.241. The first-order valence-corrected chi connectivity index (χ1v) is 9.21. The second-order valence-electron chi connectivity index (χ2n) is 6.25. The predicted molar refractivity (Wildman–Crippen MR) is 94.2 cm³/mol. The summed E-state index contributed by atoms with van der Waals surface area (Å²) in [7, 11) is 0. The Morgan fingerprint density at radius 2 is 1.57 bits per heavy atom. The molecule has 0 saturated carbocycles. The Morgan fingerprint density at radius 1 is 0.952 bits per heavy atom. The summed E-state index contributed by atoms with van der Waals surface area (Å²) < 4.78 is 0. The molecule has 2 heteroatoms. The first kappa shape index (κ1) is 18.5. The predicted octanol–water partition coefficient (Wildman–Crippen LogP) is 6.46. The van der Waals surface area contributed by atoms with Gasteiger partial charge in [0.2, 0.25) is 0 Å². The van der Waals surface area contributed by atoms with Crippen molar-refractivity contribution in [3.63, 3.8) is 0 Å². The Bertz CT molecular complexity index is 347. The molecular formula is C19H32ClN. The number of nitrogens with zero attached hydrogens (tertiary/aromatic N) is 1. The minimum absolute atomic E-state index is 0.241. The van der Waals surface area contributed by atoms with Gasteiger partial charge in [0.25, 0.3) is 0 Å². The zero-order valence-corrected chi connectivity index (χ0v) is 14.7. The van der Waals surface area contributed by atoms with E-state index in [0.717, 1.165) is 18.5 Å². The summed E-state index contributed by atoms with van der Waals surface area (Å²) in [6, 6.07) is 4.21. The molecule has 0 spiro atoms. The number of halogens is 1. The monoisotopic (exact) mass is 309 g/mol. The van der Waals surface area contributed by atoms with Crippen LogP contribution in [-0.4, -0.2) is 10.4 Å². The van der Waals surface area contributed by atoms with Gasteiger partial charge in [-0.25, -0.2) is 0 Å². The van der Waals surface area contributed by atoms with Crippen molar-refractivity contribution in [2.75, 3.05) is 0 Å². The van der Waals surface area contributed by atoms with E-state index in [1.165, 1.54) is 63.4 Å². The molecule has 120 valence electrons. The fourth-order valence-corrected chi connectivity index (χ4v) is 2.94. The number of aryl methyl sites for hydroxylation is 1. The summed E-state index contributed by atoms with van der Waals surface area (Å²) in [5.41, 5.74) is 2.33. The SMILES string of the molecule is CCCCCCCCCCCC(Cl)Cc1ccc(C)cn1. The van der Waals surface area contributed by atoms with E-state index in [4.69, 9.17) is 11.6 Å². The molecule has 0 aliphatic rings. The van der Waals surface area contributed by atoms with Crippen molar-refractivity contribution in [2.24, 2.45) is 0 Å². The third-order valence-corrected chi connectivity index (χ3v) is 4.40. The summed E-state index contributed by atoms with van der Waals surface area (Å²) >= 11 is 6.41. The van der Waals surface area contributed by atoms with Gasteiger partial charge < -0.3 is 0 Å². The van der Waals surface area contributed by atoms with Gasteiger partial charge in [-0.3, -0.25) is 4.98 Å². The summed E-state index contributed by atoms with van der Waals surface area (Å²) in [5.74, 6) is 0. The number of unbranched alkanes of at least 4 members (excludes halogenated alkanes) is 8. The summed E-state index contributed by atoms with van der Waals surface area (Å²) in [4.78, 5) is 4.43. The van der Waals surface area contributed by atoms with Crippen LogP contribution in [0.4, 0.5) is 0 Å². The van der Waals surface area contributed by atoms with Crippen molar-refractivity contribution >= 4 is 11.6 Å². The van der Waals surface area contributed by atoms with Gasteiger partial charge in [0.05, 0.1) is 0 Å². The van der Waals surface area contributed by atoms with Crippen LogP contribution >= 0.6 is 11.6 Å². The van der Waals surface area contributed by atoms with Crippen molar-refractivity contribution in [2.45, 2.75) is 89.9 Å². The maximum atomic E-state index is 6.41. The molecule has 1 aromatic heterocycles. The van der Waals surface area contributed by atoms with Crippen LogP contribution in [0.2, 0.25) is 0 Å². The fraction of sp³-hybridized carbons (Fsp3) is 0.737. The topological polar surface area (TPSA) is 12.9 Å². The van der Waals surface area contributed by atoms with E-state index in [1.807, 2.05) is 6.20 Å². The Balaban J connectivity index is 1.96. The molecule has 0 fully saturated rings. The highest BCUT2D eigenvalue weighted by Gasteiger charge is 2.06. The van der Waals surface area contributed by atoms with E-state index in [9.17, 15) is 0 Å². The largest absolute Gasteiger partial charge is 0.261 e. The number of aromatic nitrogens is 1. The van der Waals surface area contributed by atoms with E-state index >= 15 is 0 Å². The molecule has 0 aliphatic heterocycles. The van der Waals surface area contributed by atoms with Crippen molar-refractivity contribution in [1.29, 1.82) is 0 Å². The zero-order valence-electron chi connectivity index (χ0n) is 13.9. The number of alkyl halides is 1. The van der Waals surface area contributed by atoms with Crippen molar-refractivity contribution < 1.29 is 0 Å². The van der Waals surface area contributed by atoms with Crippen molar-refractivity contribution in [3.05, 3.63) is 29.6 Å². The minimum Gasteiger partial charge on any atom is -0.261 e. The average Bonchev–Trinajstić information content (AvgIpc) is 2.48. The van der Waals surface area contributed by atoms with Gasteiger partial charge in [-0.05, 0) is 25.0 Å². The van der Waals surface area contributed by atoms with Gasteiger partial charge in [0.15, 0.2) is 0 Å². The second kappa shape index (κ2) is 12.0. The van der Waals surface area contributed by atoms with Crippen LogP contribution in [0.3, 0.4) is 0 Å². The average molecular weight is 310 g/mol. The molecule has 0 radical (unpaired) electrons. The Hall–Kier alpha value is -0.560. The highest BCUT2D eigenvalue weighted by Crippen LogP contribution is 2.16. The lowest BCUT2D eigenvalue weighted by Crippen LogP contribution is -2.05. The quantitative estimate of drug-likeness (QED) is 0.319. The molecule has 0 amide bonds. The first-order chi connectivity index (χ1) is 10.2. The molecule has 21 heavy (non-hydrogen) atoms. The molecule has 0 bridgehead atoms. The van der Waals surface area contributed by atoms with E-state index < -0.39 is 0 Å². The van der Waals surface area contributed by atoms with E-state index in [2.05, 4.69) is 31.0 Å². The van der Waals surface area contributed by atoms with E-state index in [0.29, 0.717) is 0 Å². The van der Waals surface area contributed by atoms with Gasteiger partial charge >= 0.3 is 0 Å². The lowest BCUT2D eigenvalue weighted by Gasteiger charge is -2.09. The molecule has 0 N–H and O–H groups in total. The fourth-order valence-electron chi connectivity index (χ4n) is 2.62. The lowest BCUT2D eigenvalue weighted by atomic mass is 10.0. The Kier molecular flexibility index (Phi) is 10.6.